The number of benzene rings is 1. The zero-order valence-electron chi connectivity index (χ0n) is 16.2. The van der Waals surface area contributed by atoms with Crippen LogP contribution in [0, 0.1) is 11.7 Å². The third kappa shape index (κ3) is 5.90. The first-order valence-electron chi connectivity index (χ1n) is 9.58. The quantitative estimate of drug-likeness (QED) is 0.532. The summed E-state index contributed by atoms with van der Waals surface area (Å²) in [6.45, 7) is 4.06. The molecule has 9 heteroatoms. The number of nitrogens with zero attached hydrogens (tertiary/aromatic N) is 3. The van der Waals surface area contributed by atoms with Crippen molar-refractivity contribution in [3.8, 4) is 0 Å². The summed E-state index contributed by atoms with van der Waals surface area (Å²) in [6, 6.07) is 7.89. The average Bonchev–Trinajstić information content (AvgIpc) is 2.74. The maximum atomic E-state index is 13.6. The fourth-order valence-electron chi connectivity index (χ4n) is 3.16. The van der Waals surface area contributed by atoms with Crippen LogP contribution in [0.4, 0.5) is 15.9 Å². The molecule has 1 aromatic carbocycles. The van der Waals surface area contributed by atoms with Gasteiger partial charge in [-0.3, -0.25) is 9.59 Å². The highest BCUT2D eigenvalue weighted by molar-refractivity contribution is 7.99. The van der Waals surface area contributed by atoms with Gasteiger partial charge in [-0.1, -0.05) is 23.9 Å². The number of para-hydroxylation sites is 1. The summed E-state index contributed by atoms with van der Waals surface area (Å²) in [5, 5.41) is 6.11. The van der Waals surface area contributed by atoms with Crippen molar-refractivity contribution in [2.45, 2.75) is 24.8 Å². The Morgan fingerprint density at radius 1 is 1.24 bits per heavy atom. The number of hydrogen-bond donors (Lipinski definition) is 2. The lowest BCUT2D eigenvalue weighted by molar-refractivity contribution is -0.125. The Hall–Kier alpha value is -2.68. The number of amides is 2. The molecule has 2 N–H and O–H groups in total. The van der Waals surface area contributed by atoms with Crippen molar-refractivity contribution >= 4 is 35.1 Å². The Morgan fingerprint density at radius 2 is 2.00 bits per heavy atom. The van der Waals surface area contributed by atoms with E-state index in [4.69, 9.17) is 0 Å². The van der Waals surface area contributed by atoms with Crippen molar-refractivity contribution in [3.63, 3.8) is 0 Å². The van der Waals surface area contributed by atoms with E-state index < -0.39 is 5.82 Å². The lowest BCUT2D eigenvalue weighted by Crippen LogP contribution is -2.40. The highest BCUT2D eigenvalue weighted by Crippen LogP contribution is 2.25. The van der Waals surface area contributed by atoms with Gasteiger partial charge in [0.25, 0.3) is 0 Å². The summed E-state index contributed by atoms with van der Waals surface area (Å²) in [5.74, 6) is 0.292. The molecule has 0 spiro atoms. The molecule has 2 amide bonds. The molecule has 3 rings (SSSR count). The maximum Gasteiger partial charge on any atom is 0.234 e. The summed E-state index contributed by atoms with van der Waals surface area (Å²) in [4.78, 5) is 34.7. The van der Waals surface area contributed by atoms with Gasteiger partial charge in [0.2, 0.25) is 11.8 Å². The molecule has 0 bridgehead atoms. The van der Waals surface area contributed by atoms with Crippen LogP contribution >= 0.6 is 11.8 Å². The second kappa shape index (κ2) is 10.2. The molecule has 1 aliphatic heterocycles. The van der Waals surface area contributed by atoms with Gasteiger partial charge in [0, 0.05) is 31.6 Å². The van der Waals surface area contributed by atoms with Crippen molar-refractivity contribution in [1.29, 1.82) is 0 Å². The Balaban J connectivity index is 1.52. The molecule has 154 valence electrons. The number of halogens is 1. The van der Waals surface area contributed by atoms with Crippen LogP contribution in [0.15, 0.2) is 41.7 Å². The van der Waals surface area contributed by atoms with Gasteiger partial charge in [-0.05, 0) is 31.9 Å². The maximum absolute atomic E-state index is 13.6. The van der Waals surface area contributed by atoms with Crippen LogP contribution in [0.5, 0.6) is 0 Å². The van der Waals surface area contributed by atoms with E-state index in [0.717, 1.165) is 31.7 Å². The van der Waals surface area contributed by atoms with E-state index in [1.165, 1.54) is 30.2 Å². The number of hydrogen-bond acceptors (Lipinski definition) is 6. The number of carbonyl (C=O) groups is 2. The average molecular weight is 418 g/mol. The van der Waals surface area contributed by atoms with Crippen molar-refractivity contribution in [3.05, 3.63) is 42.5 Å². The Bertz CT molecular complexity index is 858. The third-order valence-electron chi connectivity index (χ3n) is 4.67. The number of rotatable bonds is 7. The topological polar surface area (TPSA) is 87.2 Å². The summed E-state index contributed by atoms with van der Waals surface area (Å²) >= 11 is 1.27. The number of carbonyl (C=O) groups excluding carboxylic acids is 2. The first kappa shape index (κ1) is 21.0. The molecule has 1 fully saturated rings. The Morgan fingerprint density at radius 3 is 2.72 bits per heavy atom. The van der Waals surface area contributed by atoms with E-state index in [1.807, 2.05) is 13.0 Å². The molecule has 2 aromatic rings. The number of anilines is 2. The highest BCUT2D eigenvalue weighted by atomic mass is 32.2. The number of piperidine rings is 1. The molecule has 1 aromatic heterocycles. The number of nitrogens with one attached hydrogen (secondary N) is 2. The van der Waals surface area contributed by atoms with Gasteiger partial charge in [-0.15, -0.1) is 0 Å². The summed E-state index contributed by atoms with van der Waals surface area (Å²) in [6.07, 6.45) is 3.04. The molecule has 29 heavy (non-hydrogen) atoms. The van der Waals surface area contributed by atoms with Crippen LogP contribution in [0.3, 0.4) is 0 Å². The van der Waals surface area contributed by atoms with Crippen LogP contribution in [0.2, 0.25) is 0 Å². The zero-order chi connectivity index (χ0) is 20.6. The van der Waals surface area contributed by atoms with Gasteiger partial charge in [0.15, 0.2) is 0 Å². The molecule has 7 nitrogen and oxygen atoms in total. The van der Waals surface area contributed by atoms with Crippen LogP contribution in [0.1, 0.15) is 19.8 Å². The molecule has 1 saturated heterocycles. The number of aromatic nitrogens is 2. The lowest BCUT2D eigenvalue weighted by Gasteiger charge is -2.32. The van der Waals surface area contributed by atoms with Crippen molar-refractivity contribution in [2.24, 2.45) is 5.92 Å². The van der Waals surface area contributed by atoms with Crippen LogP contribution in [0.25, 0.3) is 0 Å². The molecule has 2 heterocycles. The molecule has 0 saturated carbocycles. The van der Waals surface area contributed by atoms with Crippen molar-refractivity contribution < 1.29 is 14.0 Å². The zero-order valence-corrected chi connectivity index (χ0v) is 17.0. The molecule has 0 radical (unpaired) electrons. The van der Waals surface area contributed by atoms with Crippen LogP contribution < -0.4 is 15.5 Å². The first-order chi connectivity index (χ1) is 14.1. The van der Waals surface area contributed by atoms with Crippen LogP contribution in [-0.2, 0) is 9.59 Å². The number of thioether (sulfide) groups is 1. The predicted molar refractivity (Wildman–Crippen MR) is 111 cm³/mol. The van der Waals surface area contributed by atoms with E-state index in [9.17, 15) is 14.0 Å². The first-order valence-corrected chi connectivity index (χ1v) is 10.6. The van der Waals surface area contributed by atoms with Gasteiger partial charge in [0.1, 0.15) is 23.0 Å². The minimum absolute atomic E-state index is 0.0453. The minimum Gasteiger partial charge on any atom is -0.356 e. The second-order valence-electron chi connectivity index (χ2n) is 6.69. The Labute approximate surface area is 173 Å². The molecule has 0 unspecified atom stereocenters. The molecule has 1 aliphatic rings. The lowest BCUT2D eigenvalue weighted by atomic mass is 9.96. The van der Waals surface area contributed by atoms with E-state index in [-0.39, 0.29) is 29.2 Å². The van der Waals surface area contributed by atoms with Gasteiger partial charge >= 0.3 is 0 Å². The largest absolute Gasteiger partial charge is 0.356 e. The summed E-state index contributed by atoms with van der Waals surface area (Å²) < 4.78 is 13.6. The normalized spacial score (nSPS) is 14.5. The van der Waals surface area contributed by atoms with Gasteiger partial charge < -0.3 is 15.5 Å². The van der Waals surface area contributed by atoms with Crippen molar-refractivity contribution in [2.75, 3.05) is 35.6 Å². The van der Waals surface area contributed by atoms with Gasteiger partial charge in [-0.25, -0.2) is 14.4 Å². The SMILES string of the molecule is CCNC(=O)C1CCN(c2cc(SCC(=O)Nc3ccccc3F)ncn2)CC1. The minimum atomic E-state index is -0.466. The highest BCUT2D eigenvalue weighted by Gasteiger charge is 2.25. The van der Waals surface area contributed by atoms with E-state index in [2.05, 4.69) is 25.5 Å². The predicted octanol–water partition coefficient (Wildman–Crippen LogP) is 2.70. The third-order valence-corrected chi connectivity index (χ3v) is 5.59. The fraction of sp³-hybridized carbons (Fsp3) is 0.400. The van der Waals surface area contributed by atoms with E-state index >= 15 is 0 Å². The van der Waals surface area contributed by atoms with Gasteiger partial charge in [0.05, 0.1) is 11.4 Å². The molecular weight excluding hydrogens is 393 g/mol. The van der Waals surface area contributed by atoms with Crippen LogP contribution in [-0.4, -0.2) is 47.2 Å². The van der Waals surface area contributed by atoms with E-state index in [0.29, 0.717) is 11.6 Å². The summed E-state index contributed by atoms with van der Waals surface area (Å²) in [5.41, 5.74) is 0.163. The molecule has 0 aliphatic carbocycles. The molecule has 0 atom stereocenters. The molecular formula is C20H24FN5O2S. The fourth-order valence-corrected chi connectivity index (χ4v) is 3.82. The Kier molecular flexibility index (Phi) is 7.40. The monoisotopic (exact) mass is 417 g/mol. The standard InChI is InChI=1S/C20H24FN5O2S/c1-2-22-20(28)14-7-9-26(10-8-14)17-11-19(24-13-23-17)29-12-18(27)25-16-6-4-3-5-15(16)21/h3-6,11,13-14H,2,7-10,12H2,1H3,(H,22,28)(H,25,27). The summed E-state index contributed by atoms with van der Waals surface area (Å²) in [7, 11) is 0. The second-order valence-corrected chi connectivity index (χ2v) is 7.68. The smallest absolute Gasteiger partial charge is 0.234 e. The van der Waals surface area contributed by atoms with Crippen molar-refractivity contribution in [1.82, 2.24) is 15.3 Å². The van der Waals surface area contributed by atoms with E-state index in [1.54, 1.807) is 12.1 Å². The van der Waals surface area contributed by atoms with Gasteiger partial charge in [-0.2, -0.15) is 0 Å².